The summed E-state index contributed by atoms with van der Waals surface area (Å²) in [4.78, 5) is 3.07. The second-order valence-corrected chi connectivity index (χ2v) is 2.89. The summed E-state index contributed by atoms with van der Waals surface area (Å²) in [5.74, 6) is 6.14. The normalized spacial score (nSPS) is 8.27. The van der Waals surface area contributed by atoms with Crippen molar-refractivity contribution in [2.24, 2.45) is 0 Å². The van der Waals surface area contributed by atoms with Gasteiger partial charge in [-0.3, -0.25) is 0 Å². The van der Waals surface area contributed by atoms with Crippen molar-refractivity contribution in [3.8, 4) is 11.8 Å². The highest BCUT2D eigenvalue weighted by molar-refractivity contribution is 5.38. The number of pyridine rings is 1. The van der Waals surface area contributed by atoms with Crippen molar-refractivity contribution in [1.29, 1.82) is 0 Å². The zero-order valence-corrected chi connectivity index (χ0v) is 8.83. The number of aromatic amines is 1. The molecular formula is C13H10ClN. The van der Waals surface area contributed by atoms with E-state index in [9.17, 15) is 0 Å². The highest BCUT2D eigenvalue weighted by Crippen LogP contribution is 1.95. The van der Waals surface area contributed by atoms with Crippen LogP contribution in [0.4, 0.5) is 0 Å². The Hall–Kier alpha value is -1.78. The molecule has 1 heterocycles. The van der Waals surface area contributed by atoms with E-state index in [2.05, 4.69) is 16.8 Å². The Kier molecular flexibility index (Phi) is 4.40. The third-order valence-electron chi connectivity index (χ3n) is 1.82. The van der Waals surface area contributed by atoms with Gasteiger partial charge >= 0.3 is 0 Å². The minimum Gasteiger partial charge on any atom is -1.00 e. The maximum Gasteiger partial charge on any atom is 0.255 e. The molecule has 0 unspecified atom stereocenters. The van der Waals surface area contributed by atoms with E-state index in [1.165, 1.54) is 0 Å². The zero-order valence-electron chi connectivity index (χ0n) is 8.07. The molecule has 0 saturated carbocycles. The van der Waals surface area contributed by atoms with Crippen LogP contribution in [0.5, 0.6) is 0 Å². The number of benzene rings is 1. The largest absolute Gasteiger partial charge is 1.00 e. The number of H-pyrrole nitrogens is 1. The average molecular weight is 216 g/mol. The van der Waals surface area contributed by atoms with E-state index < -0.39 is 0 Å². The first-order valence-corrected chi connectivity index (χ1v) is 4.49. The highest BCUT2D eigenvalue weighted by atomic mass is 35.5. The molecule has 0 aliphatic rings. The molecule has 0 spiro atoms. The Morgan fingerprint density at radius 1 is 0.800 bits per heavy atom. The monoisotopic (exact) mass is 215 g/mol. The molecule has 74 valence electrons. The maximum atomic E-state index is 3.08. The van der Waals surface area contributed by atoms with Crippen LogP contribution in [0.2, 0.25) is 0 Å². The minimum absolute atomic E-state index is 0. The fourth-order valence-electron chi connectivity index (χ4n) is 1.13. The molecule has 15 heavy (non-hydrogen) atoms. The van der Waals surface area contributed by atoms with Crippen LogP contribution in [0.25, 0.3) is 0 Å². The molecule has 2 rings (SSSR count). The lowest BCUT2D eigenvalue weighted by atomic mass is 10.2. The third kappa shape index (κ3) is 3.46. The van der Waals surface area contributed by atoms with Crippen LogP contribution in [-0.4, -0.2) is 0 Å². The van der Waals surface area contributed by atoms with E-state index in [0.29, 0.717) is 0 Å². The summed E-state index contributed by atoms with van der Waals surface area (Å²) < 4.78 is 0. The summed E-state index contributed by atoms with van der Waals surface area (Å²) in [6, 6.07) is 15.8. The maximum absolute atomic E-state index is 3.08. The van der Waals surface area contributed by atoms with Gasteiger partial charge in [0.15, 0.2) is 6.20 Å². The van der Waals surface area contributed by atoms with Crippen LogP contribution in [0.1, 0.15) is 11.3 Å². The molecule has 2 aromatic rings. The van der Waals surface area contributed by atoms with Gasteiger partial charge in [-0.05, 0) is 18.2 Å². The fraction of sp³-hybridized carbons (Fsp3) is 0. The molecule has 0 radical (unpaired) electrons. The van der Waals surface area contributed by atoms with Crippen LogP contribution in [0.3, 0.4) is 0 Å². The predicted molar refractivity (Wildman–Crippen MR) is 55.4 cm³/mol. The third-order valence-corrected chi connectivity index (χ3v) is 1.82. The first kappa shape index (κ1) is 11.3. The van der Waals surface area contributed by atoms with Crippen molar-refractivity contribution in [2.45, 2.75) is 0 Å². The Morgan fingerprint density at radius 3 is 2.20 bits per heavy atom. The van der Waals surface area contributed by atoms with Crippen molar-refractivity contribution in [3.63, 3.8) is 0 Å². The second kappa shape index (κ2) is 5.85. The van der Waals surface area contributed by atoms with Gasteiger partial charge in [0, 0.05) is 23.6 Å². The van der Waals surface area contributed by atoms with Crippen LogP contribution >= 0.6 is 0 Å². The fourth-order valence-corrected chi connectivity index (χ4v) is 1.13. The lowest BCUT2D eigenvalue weighted by molar-refractivity contribution is -0.381. The molecule has 1 aromatic heterocycles. The van der Waals surface area contributed by atoms with E-state index in [4.69, 9.17) is 0 Å². The Bertz CT molecular complexity index is 411. The van der Waals surface area contributed by atoms with Gasteiger partial charge in [0.05, 0.1) is 0 Å². The number of aromatic nitrogens is 1. The first-order chi connectivity index (χ1) is 6.95. The van der Waals surface area contributed by atoms with E-state index in [0.717, 1.165) is 11.3 Å². The zero-order chi connectivity index (χ0) is 9.64. The van der Waals surface area contributed by atoms with E-state index in [1.807, 2.05) is 54.7 Å². The lowest BCUT2D eigenvalue weighted by Crippen LogP contribution is -3.00. The van der Waals surface area contributed by atoms with Gasteiger partial charge < -0.3 is 12.4 Å². The van der Waals surface area contributed by atoms with Gasteiger partial charge in [-0.15, -0.1) is 0 Å². The molecule has 1 aromatic carbocycles. The number of hydrogen-bond donors (Lipinski definition) is 0. The Balaban J connectivity index is 0.00000112. The van der Waals surface area contributed by atoms with Crippen LogP contribution < -0.4 is 17.4 Å². The van der Waals surface area contributed by atoms with E-state index in [-0.39, 0.29) is 12.4 Å². The van der Waals surface area contributed by atoms with Gasteiger partial charge in [-0.1, -0.05) is 24.1 Å². The van der Waals surface area contributed by atoms with Crippen LogP contribution in [0, 0.1) is 11.8 Å². The van der Waals surface area contributed by atoms with Gasteiger partial charge in [-0.2, -0.15) is 0 Å². The Labute approximate surface area is 95.6 Å². The number of rotatable bonds is 0. The molecule has 2 heteroatoms. The lowest BCUT2D eigenvalue weighted by Gasteiger charge is -1.85. The standard InChI is InChI=1S/C13H9N.ClH/c1-2-6-12(7-3-1)9-10-13-8-4-5-11-14-13;/h1-8,11H;1H. The van der Waals surface area contributed by atoms with Gasteiger partial charge in [-0.25, -0.2) is 4.98 Å². The topological polar surface area (TPSA) is 14.1 Å². The molecule has 0 aliphatic carbocycles. The van der Waals surface area contributed by atoms with Crippen molar-refractivity contribution in [2.75, 3.05) is 0 Å². The molecule has 0 bridgehead atoms. The molecule has 0 amide bonds. The van der Waals surface area contributed by atoms with E-state index >= 15 is 0 Å². The van der Waals surface area contributed by atoms with Crippen molar-refractivity contribution in [3.05, 3.63) is 66.0 Å². The average Bonchev–Trinajstić information content (AvgIpc) is 2.29. The Morgan fingerprint density at radius 2 is 1.53 bits per heavy atom. The first-order valence-electron chi connectivity index (χ1n) is 4.49. The molecular weight excluding hydrogens is 206 g/mol. The summed E-state index contributed by atoms with van der Waals surface area (Å²) in [6.45, 7) is 0. The number of hydrogen-bond acceptors (Lipinski definition) is 0. The van der Waals surface area contributed by atoms with Crippen LogP contribution in [-0.2, 0) is 0 Å². The van der Waals surface area contributed by atoms with Gasteiger partial charge in [0.1, 0.15) is 0 Å². The number of nitrogens with one attached hydrogen (secondary N) is 1. The van der Waals surface area contributed by atoms with Crippen LogP contribution in [0.15, 0.2) is 54.7 Å². The summed E-state index contributed by atoms with van der Waals surface area (Å²) in [7, 11) is 0. The number of halogens is 1. The minimum atomic E-state index is 0. The molecule has 0 aliphatic heterocycles. The molecule has 1 N–H and O–H groups in total. The molecule has 0 saturated heterocycles. The molecule has 0 atom stereocenters. The van der Waals surface area contributed by atoms with Gasteiger partial charge in [0.25, 0.3) is 5.69 Å². The predicted octanol–water partition coefficient (Wildman–Crippen LogP) is -1.10. The molecule has 0 fully saturated rings. The highest BCUT2D eigenvalue weighted by Gasteiger charge is 1.90. The quantitative estimate of drug-likeness (QED) is 0.496. The summed E-state index contributed by atoms with van der Waals surface area (Å²) in [5.41, 5.74) is 1.96. The van der Waals surface area contributed by atoms with Crippen molar-refractivity contribution >= 4 is 0 Å². The summed E-state index contributed by atoms with van der Waals surface area (Å²) in [6.07, 6.45) is 1.87. The summed E-state index contributed by atoms with van der Waals surface area (Å²) in [5, 5.41) is 0. The summed E-state index contributed by atoms with van der Waals surface area (Å²) >= 11 is 0. The molecule has 1 nitrogen and oxygen atoms in total. The SMILES string of the molecule is C(#Cc1cccc[nH+]1)c1ccccc1.[Cl-]. The van der Waals surface area contributed by atoms with Gasteiger partial charge in [0.2, 0.25) is 0 Å². The second-order valence-electron chi connectivity index (χ2n) is 2.89. The van der Waals surface area contributed by atoms with Crippen molar-refractivity contribution < 1.29 is 17.4 Å². The van der Waals surface area contributed by atoms with E-state index in [1.54, 1.807) is 0 Å². The van der Waals surface area contributed by atoms with Crippen molar-refractivity contribution in [1.82, 2.24) is 0 Å². The smallest absolute Gasteiger partial charge is 0.255 e.